The quantitative estimate of drug-likeness (QED) is 0.910. The van der Waals surface area contributed by atoms with Gasteiger partial charge in [-0.15, -0.1) is 0 Å². The van der Waals surface area contributed by atoms with Crippen molar-refractivity contribution in [3.63, 3.8) is 0 Å². The highest BCUT2D eigenvalue weighted by Crippen LogP contribution is 2.27. The van der Waals surface area contributed by atoms with Gasteiger partial charge in [0.25, 0.3) is 0 Å². The number of rotatable bonds is 2. The van der Waals surface area contributed by atoms with E-state index in [0.717, 1.165) is 36.4 Å². The Bertz CT molecular complexity index is 586. The molecule has 0 aliphatic carbocycles. The molecule has 0 spiro atoms. The molecule has 1 saturated heterocycles. The van der Waals surface area contributed by atoms with Crippen molar-refractivity contribution in [1.82, 2.24) is 10.3 Å². The average molecular weight is 271 g/mol. The summed E-state index contributed by atoms with van der Waals surface area (Å²) in [5, 5.41) is 3.35. The van der Waals surface area contributed by atoms with Crippen molar-refractivity contribution in [1.29, 1.82) is 0 Å². The van der Waals surface area contributed by atoms with Crippen LogP contribution in [0.3, 0.4) is 0 Å². The van der Waals surface area contributed by atoms with Crippen LogP contribution in [0.5, 0.6) is 0 Å². The molecule has 20 heavy (non-hydrogen) atoms. The molecule has 1 aliphatic heterocycles. The third-order valence-corrected chi connectivity index (χ3v) is 3.71. The van der Waals surface area contributed by atoms with E-state index in [9.17, 15) is 4.39 Å². The van der Waals surface area contributed by atoms with E-state index in [0.29, 0.717) is 6.04 Å². The number of nitrogens with zero attached hydrogens (tertiary/aromatic N) is 2. The molecule has 1 aromatic heterocycles. The van der Waals surface area contributed by atoms with Crippen LogP contribution in [0.25, 0.3) is 11.1 Å². The van der Waals surface area contributed by atoms with Crippen molar-refractivity contribution in [3.8, 4) is 11.1 Å². The van der Waals surface area contributed by atoms with Gasteiger partial charge in [-0.3, -0.25) is 4.98 Å². The molecule has 2 aromatic rings. The van der Waals surface area contributed by atoms with Crippen molar-refractivity contribution in [2.24, 2.45) is 0 Å². The molecular formula is C16H18FN3. The largest absolute Gasteiger partial charge is 0.366 e. The third kappa shape index (κ3) is 2.65. The molecule has 0 radical (unpaired) electrons. The number of piperazine rings is 1. The molecule has 3 rings (SSSR count). The second kappa shape index (κ2) is 5.59. The van der Waals surface area contributed by atoms with Gasteiger partial charge in [-0.05, 0) is 36.8 Å². The second-order valence-electron chi connectivity index (χ2n) is 5.19. The smallest absolute Gasteiger partial charge is 0.125 e. The summed E-state index contributed by atoms with van der Waals surface area (Å²) in [6.07, 6.45) is 3.49. The van der Waals surface area contributed by atoms with Crippen molar-refractivity contribution in [2.45, 2.75) is 13.0 Å². The molecule has 1 fully saturated rings. The van der Waals surface area contributed by atoms with E-state index in [1.807, 2.05) is 18.2 Å². The number of benzene rings is 1. The van der Waals surface area contributed by atoms with E-state index in [2.05, 4.69) is 22.1 Å². The van der Waals surface area contributed by atoms with Gasteiger partial charge in [-0.1, -0.05) is 6.07 Å². The van der Waals surface area contributed by atoms with Crippen LogP contribution < -0.4 is 10.2 Å². The molecule has 4 heteroatoms. The molecule has 3 nitrogen and oxygen atoms in total. The first-order valence-electron chi connectivity index (χ1n) is 6.92. The zero-order valence-corrected chi connectivity index (χ0v) is 11.5. The van der Waals surface area contributed by atoms with E-state index < -0.39 is 0 Å². The van der Waals surface area contributed by atoms with E-state index in [-0.39, 0.29) is 5.82 Å². The van der Waals surface area contributed by atoms with Crippen LogP contribution >= 0.6 is 0 Å². The zero-order chi connectivity index (χ0) is 13.9. The number of hydrogen-bond donors (Lipinski definition) is 1. The van der Waals surface area contributed by atoms with Gasteiger partial charge >= 0.3 is 0 Å². The van der Waals surface area contributed by atoms with Crippen LogP contribution in [0, 0.1) is 5.82 Å². The lowest BCUT2D eigenvalue weighted by atomic mass is 10.1. The lowest BCUT2D eigenvalue weighted by molar-refractivity contribution is 0.499. The lowest BCUT2D eigenvalue weighted by Crippen LogP contribution is -2.49. The molecule has 1 aliphatic rings. The summed E-state index contributed by atoms with van der Waals surface area (Å²) in [5.41, 5.74) is 2.76. The Hall–Kier alpha value is -1.94. The second-order valence-corrected chi connectivity index (χ2v) is 5.19. The first-order chi connectivity index (χ1) is 9.74. The molecular weight excluding hydrogens is 253 g/mol. The molecule has 0 saturated carbocycles. The van der Waals surface area contributed by atoms with Gasteiger partial charge < -0.3 is 10.2 Å². The zero-order valence-electron chi connectivity index (χ0n) is 11.5. The number of anilines is 1. The maximum atomic E-state index is 13.9. The van der Waals surface area contributed by atoms with Gasteiger partial charge in [-0.25, -0.2) is 4.39 Å². The van der Waals surface area contributed by atoms with Crippen molar-refractivity contribution in [3.05, 3.63) is 48.5 Å². The summed E-state index contributed by atoms with van der Waals surface area (Å²) in [4.78, 5) is 6.35. The third-order valence-electron chi connectivity index (χ3n) is 3.71. The number of nitrogens with one attached hydrogen (secondary N) is 1. The van der Waals surface area contributed by atoms with Crippen LogP contribution in [0.2, 0.25) is 0 Å². The number of aromatic nitrogens is 1. The van der Waals surface area contributed by atoms with Gasteiger partial charge in [0.2, 0.25) is 0 Å². The normalized spacial score (nSPS) is 19.1. The Labute approximate surface area is 118 Å². The van der Waals surface area contributed by atoms with Crippen LogP contribution in [-0.2, 0) is 0 Å². The standard InChI is InChI=1S/C16H18FN3/c1-12-10-19-5-6-20(12)16-8-14(7-15(17)9-16)13-3-2-4-18-11-13/h2-4,7-9,11-12,19H,5-6,10H2,1H3. The van der Waals surface area contributed by atoms with E-state index in [1.54, 1.807) is 24.5 Å². The summed E-state index contributed by atoms with van der Waals surface area (Å²) in [5.74, 6) is -0.202. The van der Waals surface area contributed by atoms with E-state index in [1.165, 1.54) is 0 Å². The molecule has 0 bridgehead atoms. The Kier molecular flexibility index (Phi) is 3.65. The Morgan fingerprint density at radius 1 is 1.30 bits per heavy atom. The van der Waals surface area contributed by atoms with Crippen LogP contribution in [0.4, 0.5) is 10.1 Å². The lowest BCUT2D eigenvalue weighted by Gasteiger charge is -2.36. The highest BCUT2D eigenvalue weighted by Gasteiger charge is 2.19. The van der Waals surface area contributed by atoms with Crippen molar-refractivity contribution in [2.75, 3.05) is 24.5 Å². The fraction of sp³-hybridized carbons (Fsp3) is 0.312. The molecule has 1 aromatic carbocycles. The number of halogens is 1. The predicted octanol–water partition coefficient (Wildman–Crippen LogP) is 2.69. The highest BCUT2D eigenvalue weighted by atomic mass is 19.1. The van der Waals surface area contributed by atoms with Crippen LogP contribution in [-0.4, -0.2) is 30.7 Å². The molecule has 2 heterocycles. The maximum absolute atomic E-state index is 13.9. The summed E-state index contributed by atoms with van der Waals surface area (Å²) in [6.45, 7) is 4.92. The van der Waals surface area contributed by atoms with E-state index >= 15 is 0 Å². The summed E-state index contributed by atoms with van der Waals surface area (Å²) in [7, 11) is 0. The molecule has 1 atom stereocenters. The molecule has 1 N–H and O–H groups in total. The molecule has 0 amide bonds. The van der Waals surface area contributed by atoms with Crippen LogP contribution in [0.15, 0.2) is 42.7 Å². The average Bonchev–Trinajstić information content (AvgIpc) is 2.48. The van der Waals surface area contributed by atoms with Crippen LogP contribution in [0.1, 0.15) is 6.92 Å². The Balaban J connectivity index is 1.98. The van der Waals surface area contributed by atoms with Gasteiger partial charge in [-0.2, -0.15) is 0 Å². The first-order valence-corrected chi connectivity index (χ1v) is 6.92. The summed E-state index contributed by atoms with van der Waals surface area (Å²) in [6, 6.07) is 9.41. The molecule has 104 valence electrons. The van der Waals surface area contributed by atoms with Gasteiger partial charge in [0, 0.05) is 49.3 Å². The summed E-state index contributed by atoms with van der Waals surface area (Å²) >= 11 is 0. The van der Waals surface area contributed by atoms with Gasteiger partial charge in [0.15, 0.2) is 0 Å². The van der Waals surface area contributed by atoms with Gasteiger partial charge in [0.1, 0.15) is 5.82 Å². The Morgan fingerprint density at radius 2 is 2.20 bits per heavy atom. The van der Waals surface area contributed by atoms with Gasteiger partial charge in [0.05, 0.1) is 0 Å². The highest BCUT2D eigenvalue weighted by molar-refractivity contribution is 5.68. The topological polar surface area (TPSA) is 28.2 Å². The minimum absolute atomic E-state index is 0.202. The van der Waals surface area contributed by atoms with Crippen molar-refractivity contribution >= 4 is 5.69 Å². The minimum atomic E-state index is -0.202. The molecule has 1 unspecified atom stereocenters. The van der Waals surface area contributed by atoms with Crippen molar-refractivity contribution < 1.29 is 4.39 Å². The SMILES string of the molecule is CC1CNCCN1c1cc(F)cc(-c2cccnc2)c1. The fourth-order valence-electron chi connectivity index (χ4n) is 2.66. The maximum Gasteiger partial charge on any atom is 0.125 e. The monoisotopic (exact) mass is 271 g/mol. The van der Waals surface area contributed by atoms with E-state index in [4.69, 9.17) is 0 Å². The Morgan fingerprint density at radius 3 is 2.95 bits per heavy atom. The fourth-order valence-corrected chi connectivity index (χ4v) is 2.66. The number of pyridine rings is 1. The number of hydrogen-bond acceptors (Lipinski definition) is 3. The summed E-state index contributed by atoms with van der Waals surface area (Å²) < 4.78 is 13.9. The first kappa shape index (κ1) is 13.1. The predicted molar refractivity (Wildman–Crippen MR) is 79.3 cm³/mol. The minimum Gasteiger partial charge on any atom is -0.366 e.